The van der Waals surface area contributed by atoms with E-state index in [1.807, 2.05) is 0 Å². The zero-order valence-corrected chi connectivity index (χ0v) is 11.2. The Labute approximate surface area is 114 Å². The lowest BCUT2D eigenvalue weighted by atomic mass is 10.2. The molecule has 0 saturated carbocycles. The summed E-state index contributed by atoms with van der Waals surface area (Å²) in [5.41, 5.74) is 0.365. The van der Waals surface area contributed by atoms with Crippen LogP contribution in [0.2, 0.25) is 5.02 Å². The summed E-state index contributed by atoms with van der Waals surface area (Å²) < 4.78 is 33.6. The van der Waals surface area contributed by atoms with Gasteiger partial charge in [-0.15, -0.1) is 0 Å². The Balaban J connectivity index is 2.75. The molecule has 0 fully saturated rings. The first-order valence-corrected chi connectivity index (χ1v) is 5.85. The number of benzene rings is 1. The minimum atomic E-state index is -2.94. The Bertz CT molecular complexity index is 443. The predicted molar refractivity (Wildman–Crippen MR) is 66.4 cm³/mol. The van der Waals surface area contributed by atoms with Gasteiger partial charge in [0.2, 0.25) is 5.91 Å². The second-order valence-corrected chi connectivity index (χ2v) is 4.16. The molecule has 4 nitrogen and oxygen atoms in total. The molecule has 106 valence electrons. The van der Waals surface area contributed by atoms with Crippen molar-refractivity contribution in [2.75, 3.05) is 7.11 Å². The molecule has 1 atom stereocenters. The van der Waals surface area contributed by atoms with Crippen LogP contribution in [0.1, 0.15) is 12.5 Å². The highest BCUT2D eigenvalue weighted by Gasteiger charge is 2.14. The molecule has 0 aromatic heterocycles. The van der Waals surface area contributed by atoms with Crippen molar-refractivity contribution in [3.05, 3.63) is 28.8 Å². The highest BCUT2D eigenvalue weighted by atomic mass is 35.5. The number of hydrogen-bond acceptors (Lipinski definition) is 3. The average Bonchev–Trinajstić information content (AvgIpc) is 2.37. The number of hydrogen-bond donors (Lipinski definition) is 1. The fourth-order valence-electron chi connectivity index (χ4n) is 1.33. The molecule has 0 saturated heterocycles. The smallest absolute Gasteiger partial charge is 0.387 e. The molecular formula is C12H14ClF2NO3. The number of carbonyl (C=O) groups excluding carboxylic acids is 1. The molecule has 0 aliphatic carbocycles. The van der Waals surface area contributed by atoms with E-state index in [2.05, 4.69) is 10.1 Å². The van der Waals surface area contributed by atoms with Gasteiger partial charge in [0.05, 0.1) is 0 Å². The van der Waals surface area contributed by atoms with Gasteiger partial charge in [-0.25, -0.2) is 0 Å². The fraction of sp³-hybridized carbons (Fsp3) is 0.417. The molecule has 1 amide bonds. The molecule has 0 aliphatic heterocycles. The molecular weight excluding hydrogens is 280 g/mol. The molecule has 1 aromatic carbocycles. The van der Waals surface area contributed by atoms with Crippen molar-refractivity contribution in [1.82, 2.24) is 5.32 Å². The Morgan fingerprint density at radius 2 is 2.16 bits per heavy atom. The second-order valence-electron chi connectivity index (χ2n) is 3.73. The number of nitrogens with one attached hydrogen (secondary N) is 1. The van der Waals surface area contributed by atoms with E-state index in [0.717, 1.165) is 0 Å². The minimum absolute atomic E-state index is 0.0230. The van der Waals surface area contributed by atoms with E-state index in [-0.39, 0.29) is 18.2 Å². The van der Waals surface area contributed by atoms with Crippen molar-refractivity contribution in [1.29, 1.82) is 0 Å². The minimum Gasteiger partial charge on any atom is -0.434 e. The number of alkyl halides is 2. The van der Waals surface area contributed by atoms with Gasteiger partial charge in [0.15, 0.2) is 0 Å². The maximum absolute atomic E-state index is 12.2. The summed E-state index contributed by atoms with van der Waals surface area (Å²) in [5, 5.41) is 2.91. The first kappa shape index (κ1) is 15.7. The van der Waals surface area contributed by atoms with Crippen molar-refractivity contribution in [3.8, 4) is 5.75 Å². The largest absolute Gasteiger partial charge is 0.434 e. The monoisotopic (exact) mass is 293 g/mol. The number of rotatable bonds is 6. The third-order valence-electron chi connectivity index (χ3n) is 2.41. The highest BCUT2D eigenvalue weighted by molar-refractivity contribution is 6.30. The third-order valence-corrected chi connectivity index (χ3v) is 2.65. The van der Waals surface area contributed by atoms with E-state index in [1.165, 1.54) is 25.3 Å². The van der Waals surface area contributed by atoms with Crippen LogP contribution in [0.3, 0.4) is 0 Å². The van der Waals surface area contributed by atoms with E-state index in [9.17, 15) is 13.6 Å². The van der Waals surface area contributed by atoms with Gasteiger partial charge in [0.1, 0.15) is 11.9 Å². The Kier molecular flexibility index (Phi) is 5.98. The number of carbonyl (C=O) groups is 1. The van der Waals surface area contributed by atoms with E-state index in [1.54, 1.807) is 6.92 Å². The molecule has 1 rings (SSSR count). The standard InChI is InChI=1S/C12H14ClF2NO3/c1-7(18-2)11(17)16-6-8-5-9(13)3-4-10(8)19-12(14)15/h3-5,7,12H,6H2,1-2H3,(H,16,17)/t7-/m1/s1. The van der Waals surface area contributed by atoms with Crippen LogP contribution in [-0.2, 0) is 16.1 Å². The molecule has 0 bridgehead atoms. The van der Waals surface area contributed by atoms with E-state index < -0.39 is 12.7 Å². The number of methoxy groups -OCH3 is 1. The van der Waals surface area contributed by atoms with E-state index >= 15 is 0 Å². The molecule has 0 unspecified atom stereocenters. The highest BCUT2D eigenvalue weighted by Crippen LogP contribution is 2.24. The fourth-order valence-corrected chi connectivity index (χ4v) is 1.52. The molecule has 0 aliphatic rings. The van der Waals surface area contributed by atoms with Crippen molar-refractivity contribution < 1.29 is 23.0 Å². The van der Waals surface area contributed by atoms with Crippen molar-refractivity contribution in [3.63, 3.8) is 0 Å². The predicted octanol–water partition coefficient (Wildman–Crippen LogP) is 2.59. The number of amides is 1. The number of ether oxygens (including phenoxy) is 2. The van der Waals surface area contributed by atoms with Gasteiger partial charge in [-0.1, -0.05) is 11.6 Å². The molecule has 1 aromatic rings. The van der Waals surface area contributed by atoms with Crippen molar-refractivity contribution in [2.24, 2.45) is 0 Å². The van der Waals surface area contributed by atoms with Gasteiger partial charge < -0.3 is 14.8 Å². The van der Waals surface area contributed by atoms with Gasteiger partial charge >= 0.3 is 6.61 Å². The van der Waals surface area contributed by atoms with Crippen molar-refractivity contribution >= 4 is 17.5 Å². The quantitative estimate of drug-likeness (QED) is 0.877. The van der Waals surface area contributed by atoms with E-state index in [0.29, 0.717) is 10.6 Å². The van der Waals surface area contributed by atoms with Crippen LogP contribution in [0.15, 0.2) is 18.2 Å². The topological polar surface area (TPSA) is 47.6 Å². The summed E-state index contributed by atoms with van der Waals surface area (Å²) in [5.74, 6) is -0.379. The van der Waals surface area contributed by atoms with Crippen molar-refractivity contribution in [2.45, 2.75) is 26.2 Å². The van der Waals surface area contributed by atoms with Crippen LogP contribution in [-0.4, -0.2) is 25.7 Å². The second kappa shape index (κ2) is 7.25. The molecule has 1 N–H and O–H groups in total. The summed E-state index contributed by atoms with van der Waals surface area (Å²) in [4.78, 5) is 11.5. The molecule has 0 heterocycles. The average molecular weight is 294 g/mol. The molecule has 7 heteroatoms. The maximum Gasteiger partial charge on any atom is 0.387 e. The van der Waals surface area contributed by atoms with Crippen LogP contribution in [0.5, 0.6) is 5.75 Å². The maximum atomic E-state index is 12.2. The lowest BCUT2D eigenvalue weighted by Gasteiger charge is -2.14. The van der Waals surface area contributed by atoms with Crippen LogP contribution < -0.4 is 10.1 Å². The summed E-state index contributed by atoms with van der Waals surface area (Å²) in [7, 11) is 1.40. The van der Waals surface area contributed by atoms with Gasteiger partial charge in [-0.2, -0.15) is 8.78 Å². The van der Waals surface area contributed by atoms with E-state index in [4.69, 9.17) is 16.3 Å². The van der Waals surface area contributed by atoms with Gasteiger partial charge in [-0.05, 0) is 25.1 Å². The summed E-state index contributed by atoms with van der Waals surface area (Å²) >= 11 is 5.78. The van der Waals surface area contributed by atoms with Gasteiger partial charge in [-0.3, -0.25) is 4.79 Å². The molecule has 19 heavy (non-hydrogen) atoms. The lowest BCUT2D eigenvalue weighted by molar-refractivity contribution is -0.130. The lowest BCUT2D eigenvalue weighted by Crippen LogP contribution is -2.33. The Morgan fingerprint density at radius 3 is 2.74 bits per heavy atom. The van der Waals surface area contributed by atoms with Gasteiger partial charge in [0, 0.05) is 24.2 Å². The van der Waals surface area contributed by atoms with Crippen LogP contribution >= 0.6 is 11.6 Å². The first-order valence-electron chi connectivity index (χ1n) is 5.47. The Hall–Kier alpha value is -1.40. The SMILES string of the molecule is CO[C@H](C)C(=O)NCc1cc(Cl)ccc1OC(F)F. The zero-order valence-electron chi connectivity index (χ0n) is 10.5. The van der Waals surface area contributed by atoms with Crippen LogP contribution in [0.25, 0.3) is 0 Å². The van der Waals surface area contributed by atoms with Crippen LogP contribution in [0.4, 0.5) is 8.78 Å². The molecule has 0 radical (unpaired) electrons. The van der Waals surface area contributed by atoms with Gasteiger partial charge in [0.25, 0.3) is 0 Å². The molecule has 0 spiro atoms. The summed E-state index contributed by atoms with van der Waals surface area (Å²) in [6.07, 6.45) is -0.626. The number of halogens is 3. The van der Waals surface area contributed by atoms with Crippen LogP contribution in [0, 0.1) is 0 Å². The normalized spacial score (nSPS) is 12.3. The Morgan fingerprint density at radius 1 is 1.47 bits per heavy atom. The summed E-state index contributed by atoms with van der Waals surface area (Å²) in [6, 6.07) is 4.22. The summed E-state index contributed by atoms with van der Waals surface area (Å²) in [6.45, 7) is -1.34. The zero-order chi connectivity index (χ0) is 14.4. The first-order chi connectivity index (χ1) is 8.93. The third kappa shape index (κ3) is 5.00.